The molecule has 5 nitrogen and oxygen atoms in total. The van der Waals surface area contributed by atoms with Gasteiger partial charge in [0.05, 0.1) is 6.10 Å². The first-order valence-electron chi connectivity index (χ1n) is 4.58. The number of nitrogens with zero attached hydrogens (tertiary/aromatic N) is 2. The van der Waals surface area contributed by atoms with E-state index in [1.165, 1.54) is 6.33 Å². The van der Waals surface area contributed by atoms with E-state index in [4.69, 9.17) is 10.6 Å². The van der Waals surface area contributed by atoms with Crippen molar-refractivity contribution < 1.29 is 4.74 Å². The SMILES string of the molecule is CC(C)C(C)Oc1cc(NN)ncn1. The molecule has 1 aromatic rings. The Morgan fingerprint density at radius 1 is 1.36 bits per heavy atom. The Labute approximate surface area is 83.7 Å². The van der Waals surface area contributed by atoms with Gasteiger partial charge in [0.25, 0.3) is 0 Å². The van der Waals surface area contributed by atoms with Crippen LogP contribution in [0.1, 0.15) is 20.8 Å². The minimum Gasteiger partial charge on any atom is -0.474 e. The van der Waals surface area contributed by atoms with Crippen molar-refractivity contribution in [2.24, 2.45) is 11.8 Å². The highest BCUT2D eigenvalue weighted by atomic mass is 16.5. The summed E-state index contributed by atoms with van der Waals surface area (Å²) in [6.07, 6.45) is 1.54. The summed E-state index contributed by atoms with van der Waals surface area (Å²) in [4.78, 5) is 7.86. The molecule has 0 aliphatic rings. The molecular weight excluding hydrogens is 180 g/mol. The second-order valence-electron chi connectivity index (χ2n) is 3.45. The van der Waals surface area contributed by atoms with Crippen molar-refractivity contribution >= 4 is 5.82 Å². The maximum absolute atomic E-state index is 5.57. The first-order chi connectivity index (χ1) is 6.63. The molecule has 0 aliphatic heterocycles. The van der Waals surface area contributed by atoms with Crippen molar-refractivity contribution in [3.05, 3.63) is 12.4 Å². The molecule has 1 heterocycles. The second kappa shape index (κ2) is 4.76. The predicted octanol–water partition coefficient (Wildman–Crippen LogP) is 1.19. The topological polar surface area (TPSA) is 73.1 Å². The maximum atomic E-state index is 5.57. The first kappa shape index (κ1) is 10.7. The largest absolute Gasteiger partial charge is 0.474 e. The van der Waals surface area contributed by atoms with Gasteiger partial charge in [-0.1, -0.05) is 13.8 Å². The van der Waals surface area contributed by atoms with Gasteiger partial charge in [-0.15, -0.1) is 0 Å². The lowest BCUT2D eigenvalue weighted by molar-refractivity contribution is 0.163. The molecule has 1 unspecified atom stereocenters. The molecule has 0 aromatic carbocycles. The van der Waals surface area contributed by atoms with E-state index < -0.39 is 0 Å². The Morgan fingerprint density at radius 3 is 2.64 bits per heavy atom. The molecule has 5 heteroatoms. The zero-order chi connectivity index (χ0) is 10.6. The van der Waals surface area contributed by atoms with Gasteiger partial charge < -0.3 is 10.2 Å². The van der Waals surface area contributed by atoms with Crippen molar-refractivity contribution in [2.45, 2.75) is 26.9 Å². The van der Waals surface area contributed by atoms with Crippen LogP contribution in [0, 0.1) is 5.92 Å². The van der Waals surface area contributed by atoms with Gasteiger partial charge in [0, 0.05) is 6.07 Å². The van der Waals surface area contributed by atoms with E-state index in [1.54, 1.807) is 6.07 Å². The van der Waals surface area contributed by atoms with Crippen molar-refractivity contribution in [3.8, 4) is 5.88 Å². The Bertz CT molecular complexity index is 290. The number of rotatable bonds is 4. The van der Waals surface area contributed by atoms with Crippen LogP contribution in [0.3, 0.4) is 0 Å². The summed E-state index contributed by atoms with van der Waals surface area (Å²) in [5, 5.41) is 0. The molecule has 3 N–H and O–H groups in total. The van der Waals surface area contributed by atoms with Crippen LogP contribution in [0.15, 0.2) is 12.4 Å². The highest BCUT2D eigenvalue weighted by molar-refractivity contribution is 5.35. The third kappa shape index (κ3) is 2.85. The molecule has 0 radical (unpaired) electrons. The molecule has 1 aromatic heterocycles. The van der Waals surface area contributed by atoms with Gasteiger partial charge in [-0.05, 0) is 12.8 Å². The number of anilines is 1. The number of nitrogen functional groups attached to an aromatic ring is 1. The molecule has 78 valence electrons. The van der Waals surface area contributed by atoms with Crippen LogP contribution in [0.2, 0.25) is 0 Å². The van der Waals surface area contributed by atoms with Gasteiger partial charge >= 0.3 is 0 Å². The second-order valence-corrected chi connectivity index (χ2v) is 3.45. The minimum absolute atomic E-state index is 0.121. The fourth-order valence-electron chi connectivity index (χ4n) is 0.809. The number of hydrogen-bond donors (Lipinski definition) is 2. The van der Waals surface area contributed by atoms with Crippen LogP contribution in [-0.4, -0.2) is 16.1 Å². The van der Waals surface area contributed by atoms with E-state index in [2.05, 4.69) is 29.2 Å². The molecular formula is C9H16N4O. The first-order valence-corrected chi connectivity index (χ1v) is 4.58. The lowest BCUT2D eigenvalue weighted by atomic mass is 10.1. The molecule has 0 amide bonds. The van der Waals surface area contributed by atoms with E-state index in [1.807, 2.05) is 6.92 Å². The third-order valence-electron chi connectivity index (χ3n) is 2.04. The van der Waals surface area contributed by atoms with Gasteiger partial charge in [-0.3, -0.25) is 0 Å². The molecule has 0 saturated heterocycles. The summed E-state index contributed by atoms with van der Waals surface area (Å²) in [5.41, 5.74) is 2.44. The molecule has 0 spiro atoms. The van der Waals surface area contributed by atoms with E-state index in [0.717, 1.165) is 0 Å². The standard InChI is InChI=1S/C9H16N4O/c1-6(2)7(3)14-9-4-8(13-10)11-5-12-9/h4-7H,10H2,1-3H3,(H,11,12,13). The number of hydrogen-bond acceptors (Lipinski definition) is 5. The monoisotopic (exact) mass is 196 g/mol. The predicted molar refractivity (Wildman–Crippen MR) is 54.8 cm³/mol. The average molecular weight is 196 g/mol. The van der Waals surface area contributed by atoms with Crippen LogP contribution in [-0.2, 0) is 0 Å². The third-order valence-corrected chi connectivity index (χ3v) is 2.04. The summed E-state index contributed by atoms with van der Waals surface area (Å²) in [6, 6.07) is 1.67. The number of aromatic nitrogens is 2. The van der Waals surface area contributed by atoms with E-state index in [-0.39, 0.29) is 6.10 Å². The molecule has 0 bridgehead atoms. The fourth-order valence-corrected chi connectivity index (χ4v) is 0.809. The highest BCUT2D eigenvalue weighted by Gasteiger charge is 2.09. The van der Waals surface area contributed by atoms with Crippen molar-refractivity contribution in [1.82, 2.24) is 9.97 Å². The van der Waals surface area contributed by atoms with E-state index >= 15 is 0 Å². The number of nitrogens with one attached hydrogen (secondary N) is 1. The van der Waals surface area contributed by atoms with Crippen LogP contribution >= 0.6 is 0 Å². The van der Waals surface area contributed by atoms with Gasteiger partial charge in [-0.2, -0.15) is 0 Å². The summed E-state index contributed by atoms with van der Waals surface area (Å²) in [6.45, 7) is 6.18. The smallest absolute Gasteiger partial charge is 0.218 e. The summed E-state index contributed by atoms with van der Waals surface area (Å²) < 4.78 is 5.57. The maximum Gasteiger partial charge on any atom is 0.218 e. The fraction of sp³-hybridized carbons (Fsp3) is 0.556. The lowest BCUT2D eigenvalue weighted by Gasteiger charge is -2.17. The van der Waals surface area contributed by atoms with Gasteiger partial charge in [0.15, 0.2) is 0 Å². The van der Waals surface area contributed by atoms with Crippen LogP contribution < -0.4 is 16.0 Å². The summed E-state index contributed by atoms with van der Waals surface area (Å²) in [5.74, 6) is 6.74. The Morgan fingerprint density at radius 2 is 2.07 bits per heavy atom. The van der Waals surface area contributed by atoms with Crippen molar-refractivity contribution in [3.63, 3.8) is 0 Å². The zero-order valence-electron chi connectivity index (χ0n) is 8.69. The Balaban J connectivity index is 2.66. The van der Waals surface area contributed by atoms with Gasteiger partial charge in [0.1, 0.15) is 12.1 Å². The lowest BCUT2D eigenvalue weighted by Crippen LogP contribution is -2.19. The van der Waals surface area contributed by atoms with Crippen molar-refractivity contribution in [2.75, 3.05) is 5.43 Å². The van der Waals surface area contributed by atoms with Crippen LogP contribution in [0.5, 0.6) is 5.88 Å². The van der Waals surface area contributed by atoms with Gasteiger partial charge in [0.2, 0.25) is 5.88 Å². The molecule has 0 aliphatic carbocycles. The zero-order valence-corrected chi connectivity index (χ0v) is 8.69. The Kier molecular flexibility index (Phi) is 3.64. The van der Waals surface area contributed by atoms with Crippen LogP contribution in [0.25, 0.3) is 0 Å². The summed E-state index contributed by atoms with van der Waals surface area (Å²) in [7, 11) is 0. The average Bonchev–Trinajstić information content (AvgIpc) is 2.18. The summed E-state index contributed by atoms with van der Waals surface area (Å²) >= 11 is 0. The molecule has 14 heavy (non-hydrogen) atoms. The van der Waals surface area contributed by atoms with Gasteiger partial charge in [-0.25, -0.2) is 15.8 Å². The highest BCUT2D eigenvalue weighted by Crippen LogP contribution is 2.14. The van der Waals surface area contributed by atoms with Crippen molar-refractivity contribution in [1.29, 1.82) is 0 Å². The van der Waals surface area contributed by atoms with E-state index in [0.29, 0.717) is 17.6 Å². The number of nitrogens with two attached hydrogens (primary N) is 1. The number of ether oxygens (including phenoxy) is 1. The molecule has 0 fully saturated rings. The normalized spacial score (nSPS) is 12.6. The molecule has 1 atom stereocenters. The number of hydrazine groups is 1. The Hall–Kier alpha value is -1.36. The van der Waals surface area contributed by atoms with E-state index in [9.17, 15) is 0 Å². The minimum atomic E-state index is 0.121. The van der Waals surface area contributed by atoms with Crippen LogP contribution in [0.4, 0.5) is 5.82 Å². The quantitative estimate of drug-likeness (QED) is 0.559. The molecule has 0 saturated carbocycles. The molecule has 1 rings (SSSR count).